The second-order valence-electron chi connectivity index (χ2n) is 6.13. The first-order valence-electron chi connectivity index (χ1n) is 8.49. The van der Waals surface area contributed by atoms with Gasteiger partial charge in [0.25, 0.3) is 0 Å². The largest absolute Gasteiger partial charge is 0.493 e. The first kappa shape index (κ1) is 16.2. The summed E-state index contributed by atoms with van der Waals surface area (Å²) in [4.78, 5) is 4.45. The number of benzene rings is 3. The molecule has 0 bridgehead atoms. The van der Waals surface area contributed by atoms with Crippen LogP contribution in [-0.4, -0.2) is 23.8 Å². The molecule has 0 unspecified atom stereocenters. The number of imidazole rings is 1. The lowest BCUT2D eigenvalue weighted by Gasteiger charge is -2.10. The smallest absolute Gasteiger partial charge is 0.161 e. The molecule has 0 aliphatic carbocycles. The van der Waals surface area contributed by atoms with Crippen molar-refractivity contribution >= 4 is 11.0 Å². The fraction of sp³-hybridized carbons (Fsp3) is 0.136. The van der Waals surface area contributed by atoms with Gasteiger partial charge >= 0.3 is 0 Å². The maximum Gasteiger partial charge on any atom is 0.161 e. The van der Waals surface area contributed by atoms with E-state index in [1.165, 1.54) is 5.56 Å². The van der Waals surface area contributed by atoms with Crippen LogP contribution in [0.15, 0.2) is 73.1 Å². The minimum atomic E-state index is 0.735. The summed E-state index contributed by atoms with van der Waals surface area (Å²) >= 11 is 0. The Morgan fingerprint density at radius 2 is 1.54 bits per heavy atom. The number of ether oxygens (including phenoxy) is 2. The summed E-state index contributed by atoms with van der Waals surface area (Å²) in [6, 6.07) is 22.7. The van der Waals surface area contributed by atoms with Gasteiger partial charge in [0.2, 0.25) is 0 Å². The maximum absolute atomic E-state index is 5.40. The van der Waals surface area contributed by atoms with Crippen LogP contribution in [0, 0.1) is 0 Å². The zero-order valence-electron chi connectivity index (χ0n) is 14.8. The third-order valence-electron chi connectivity index (χ3n) is 4.55. The highest BCUT2D eigenvalue weighted by atomic mass is 16.5. The molecule has 0 spiro atoms. The quantitative estimate of drug-likeness (QED) is 0.523. The van der Waals surface area contributed by atoms with E-state index in [-0.39, 0.29) is 0 Å². The first-order chi connectivity index (χ1) is 12.8. The number of hydrogen-bond donors (Lipinski definition) is 0. The van der Waals surface area contributed by atoms with Gasteiger partial charge in [0, 0.05) is 6.54 Å². The summed E-state index contributed by atoms with van der Waals surface area (Å²) in [7, 11) is 3.30. The Kier molecular flexibility index (Phi) is 4.32. The molecular formula is C22H20N2O2. The molecule has 4 rings (SSSR count). The second-order valence-corrected chi connectivity index (χ2v) is 6.13. The van der Waals surface area contributed by atoms with Crippen molar-refractivity contribution in [1.29, 1.82) is 0 Å². The van der Waals surface area contributed by atoms with Gasteiger partial charge in [0.1, 0.15) is 0 Å². The normalized spacial score (nSPS) is 10.8. The van der Waals surface area contributed by atoms with Crippen LogP contribution < -0.4 is 9.47 Å². The number of rotatable bonds is 5. The number of methoxy groups -OCH3 is 2. The van der Waals surface area contributed by atoms with Crippen LogP contribution in [0.5, 0.6) is 11.5 Å². The standard InChI is InChI=1S/C22H20N2O2/c1-25-21-12-11-18(13-22(21)26-2)17-9-7-16(8-10-17)14-24-15-23-19-5-3-4-6-20(19)24/h3-13,15H,14H2,1-2H3. The molecular weight excluding hydrogens is 324 g/mol. The molecule has 0 saturated carbocycles. The molecule has 0 atom stereocenters. The number of nitrogens with zero attached hydrogens (tertiary/aromatic N) is 2. The summed E-state index contributed by atoms with van der Waals surface area (Å²) in [5.74, 6) is 1.47. The molecule has 4 nitrogen and oxygen atoms in total. The third kappa shape index (κ3) is 3.02. The summed E-state index contributed by atoms with van der Waals surface area (Å²) in [6.45, 7) is 0.798. The van der Waals surface area contributed by atoms with E-state index < -0.39 is 0 Å². The van der Waals surface area contributed by atoms with Crippen molar-refractivity contribution < 1.29 is 9.47 Å². The van der Waals surface area contributed by atoms with E-state index in [9.17, 15) is 0 Å². The molecule has 1 aromatic heterocycles. The van der Waals surface area contributed by atoms with Crippen LogP contribution >= 0.6 is 0 Å². The summed E-state index contributed by atoms with van der Waals surface area (Å²) in [5, 5.41) is 0. The Morgan fingerprint density at radius 1 is 0.808 bits per heavy atom. The lowest BCUT2D eigenvalue weighted by Crippen LogP contribution is -1.97. The molecule has 130 valence electrons. The summed E-state index contributed by atoms with van der Waals surface area (Å²) in [5.41, 5.74) is 5.65. The van der Waals surface area contributed by atoms with E-state index in [2.05, 4.69) is 39.9 Å². The van der Waals surface area contributed by atoms with Crippen molar-refractivity contribution in [3.8, 4) is 22.6 Å². The molecule has 0 saturated heterocycles. The summed E-state index contributed by atoms with van der Waals surface area (Å²) in [6.07, 6.45) is 1.90. The van der Waals surface area contributed by atoms with Crippen LogP contribution in [-0.2, 0) is 6.54 Å². The topological polar surface area (TPSA) is 36.3 Å². The highest BCUT2D eigenvalue weighted by Crippen LogP contribution is 2.32. The zero-order chi connectivity index (χ0) is 17.9. The predicted molar refractivity (Wildman–Crippen MR) is 104 cm³/mol. The van der Waals surface area contributed by atoms with E-state index in [4.69, 9.17) is 9.47 Å². The first-order valence-corrected chi connectivity index (χ1v) is 8.49. The van der Waals surface area contributed by atoms with E-state index in [1.807, 2.05) is 42.7 Å². The Balaban J connectivity index is 1.59. The van der Waals surface area contributed by atoms with Crippen molar-refractivity contribution in [3.63, 3.8) is 0 Å². The highest BCUT2D eigenvalue weighted by molar-refractivity contribution is 5.75. The molecule has 4 heteroatoms. The van der Waals surface area contributed by atoms with Crippen molar-refractivity contribution in [2.45, 2.75) is 6.54 Å². The highest BCUT2D eigenvalue weighted by Gasteiger charge is 2.07. The number of hydrogen-bond acceptors (Lipinski definition) is 3. The number of para-hydroxylation sites is 2. The SMILES string of the molecule is COc1ccc(-c2ccc(Cn3cnc4ccccc43)cc2)cc1OC. The molecule has 0 radical (unpaired) electrons. The number of aromatic nitrogens is 2. The molecule has 26 heavy (non-hydrogen) atoms. The predicted octanol–water partition coefficient (Wildman–Crippen LogP) is 4.77. The van der Waals surface area contributed by atoms with E-state index in [1.54, 1.807) is 14.2 Å². The van der Waals surface area contributed by atoms with Crippen LogP contribution in [0.2, 0.25) is 0 Å². The van der Waals surface area contributed by atoms with Crippen LogP contribution in [0.25, 0.3) is 22.2 Å². The lowest BCUT2D eigenvalue weighted by atomic mass is 10.0. The van der Waals surface area contributed by atoms with Crippen LogP contribution in [0.1, 0.15) is 5.56 Å². The zero-order valence-corrected chi connectivity index (χ0v) is 14.8. The molecule has 0 fully saturated rings. The van der Waals surface area contributed by atoms with Gasteiger partial charge in [-0.15, -0.1) is 0 Å². The van der Waals surface area contributed by atoms with Crippen molar-refractivity contribution in [2.24, 2.45) is 0 Å². The van der Waals surface area contributed by atoms with Gasteiger partial charge in [-0.05, 0) is 41.0 Å². The average Bonchev–Trinajstić information content (AvgIpc) is 3.11. The fourth-order valence-electron chi connectivity index (χ4n) is 3.15. The Bertz CT molecular complexity index is 1040. The molecule has 4 aromatic rings. The Hall–Kier alpha value is -3.27. The molecule has 1 heterocycles. The van der Waals surface area contributed by atoms with Gasteiger partial charge in [-0.25, -0.2) is 4.98 Å². The minimum Gasteiger partial charge on any atom is -0.493 e. The van der Waals surface area contributed by atoms with E-state index in [0.717, 1.165) is 40.2 Å². The van der Waals surface area contributed by atoms with Gasteiger partial charge < -0.3 is 14.0 Å². The van der Waals surface area contributed by atoms with Gasteiger partial charge in [-0.3, -0.25) is 0 Å². The fourth-order valence-corrected chi connectivity index (χ4v) is 3.15. The van der Waals surface area contributed by atoms with E-state index in [0.29, 0.717) is 0 Å². The van der Waals surface area contributed by atoms with Gasteiger partial charge in [0.15, 0.2) is 11.5 Å². The molecule has 0 aliphatic heterocycles. The summed E-state index contributed by atoms with van der Waals surface area (Å²) < 4.78 is 12.9. The van der Waals surface area contributed by atoms with Crippen molar-refractivity contribution in [3.05, 3.63) is 78.6 Å². The maximum atomic E-state index is 5.40. The average molecular weight is 344 g/mol. The molecule has 0 N–H and O–H groups in total. The third-order valence-corrected chi connectivity index (χ3v) is 4.55. The molecule has 0 amide bonds. The molecule has 3 aromatic carbocycles. The Labute approximate surface area is 152 Å². The van der Waals surface area contributed by atoms with Crippen molar-refractivity contribution in [2.75, 3.05) is 14.2 Å². The van der Waals surface area contributed by atoms with Gasteiger partial charge in [-0.1, -0.05) is 42.5 Å². The lowest BCUT2D eigenvalue weighted by molar-refractivity contribution is 0.355. The van der Waals surface area contributed by atoms with Gasteiger partial charge in [-0.2, -0.15) is 0 Å². The molecule has 0 aliphatic rings. The van der Waals surface area contributed by atoms with Gasteiger partial charge in [0.05, 0.1) is 31.6 Å². The second kappa shape index (κ2) is 6.92. The minimum absolute atomic E-state index is 0.735. The Morgan fingerprint density at radius 3 is 2.31 bits per heavy atom. The van der Waals surface area contributed by atoms with Crippen LogP contribution in [0.3, 0.4) is 0 Å². The van der Waals surface area contributed by atoms with E-state index >= 15 is 0 Å². The van der Waals surface area contributed by atoms with Crippen LogP contribution in [0.4, 0.5) is 0 Å². The van der Waals surface area contributed by atoms with Crippen molar-refractivity contribution in [1.82, 2.24) is 9.55 Å². The number of fused-ring (bicyclic) bond motifs is 1. The monoisotopic (exact) mass is 344 g/mol.